The molecule has 30 heavy (non-hydrogen) atoms. The number of aromatic nitrogens is 2. The molecule has 6 nitrogen and oxygen atoms in total. The van der Waals surface area contributed by atoms with Crippen molar-refractivity contribution >= 4 is 5.91 Å². The Balaban J connectivity index is 2.05. The lowest BCUT2D eigenvalue weighted by atomic mass is 9.97. The average Bonchev–Trinajstić information content (AvgIpc) is 3.04. The molecule has 0 saturated heterocycles. The molecule has 0 aliphatic heterocycles. The Morgan fingerprint density at radius 2 is 1.87 bits per heavy atom. The number of nitrogens with zero attached hydrogens (tertiary/aromatic N) is 2. The number of imidazole rings is 1. The molecule has 12 heteroatoms. The number of carbonyl (C=O) groups excluding carboxylic acids is 1. The van der Waals surface area contributed by atoms with E-state index >= 15 is 0 Å². The predicted octanol–water partition coefficient (Wildman–Crippen LogP) is 3.16. The number of benzene rings is 1. The van der Waals surface area contributed by atoms with E-state index < -0.39 is 60.1 Å². The first-order chi connectivity index (χ1) is 13.8. The number of hydrogen-bond acceptors (Lipinski definition) is 4. The van der Waals surface area contributed by atoms with Crippen LogP contribution in [0.15, 0.2) is 36.7 Å². The third-order valence-corrected chi connectivity index (χ3v) is 4.17. The standard InChI is InChI=1S/C18H19F6N3O3/c1-11(10-30-13-6-4-3-5-12(13)17(19,20)21)26-14(28)9-16(29,18(22,23)24)15-25-7-8-27(15)2/h3-8,11,29H,9-10H2,1-2H3,(H,26,28). The summed E-state index contributed by atoms with van der Waals surface area (Å²) in [5.74, 6) is -2.43. The van der Waals surface area contributed by atoms with Crippen molar-refractivity contribution in [1.29, 1.82) is 0 Å². The fourth-order valence-electron chi connectivity index (χ4n) is 2.71. The fourth-order valence-corrected chi connectivity index (χ4v) is 2.71. The van der Waals surface area contributed by atoms with Gasteiger partial charge in [0.25, 0.3) is 0 Å². The summed E-state index contributed by atoms with van der Waals surface area (Å²) in [4.78, 5) is 15.6. The molecule has 2 atom stereocenters. The zero-order valence-electron chi connectivity index (χ0n) is 15.9. The first-order valence-electron chi connectivity index (χ1n) is 8.61. The van der Waals surface area contributed by atoms with Gasteiger partial charge < -0.3 is 19.7 Å². The Morgan fingerprint density at radius 3 is 2.40 bits per heavy atom. The number of hydrogen-bond donors (Lipinski definition) is 2. The van der Waals surface area contributed by atoms with Gasteiger partial charge in [0, 0.05) is 19.4 Å². The monoisotopic (exact) mass is 439 g/mol. The summed E-state index contributed by atoms with van der Waals surface area (Å²) in [7, 11) is 1.23. The van der Waals surface area contributed by atoms with Crippen LogP contribution in [-0.4, -0.2) is 39.4 Å². The minimum Gasteiger partial charge on any atom is -0.491 e. The van der Waals surface area contributed by atoms with E-state index in [0.29, 0.717) is 0 Å². The van der Waals surface area contributed by atoms with Crippen LogP contribution in [-0.2, 0) is 23.6 Å². The van der Waals surface area contributed by atoms with Crippen LogP contribution in [0.5, 0.6) is 5.75 Å². The lowest BCUT2D eigenvalue weighted by Gasteiger charge is -2.29. The summed E-state index contributed by atoms with van der Waals surface area (Å²) in [6.45, 7) is 0.896. The van der Waals surface area contributed by atoms with Crippen molar-refractivity contribution in [2.45, 2.75) is 37.3 Å². The molecule has 1 heterocycles. The van der Waals surface area contributed by atoms with Gasteiger partial charge in [-0.15, -0.1) is 0 Å². The second-order valence-electron chi connectivity index (χ2n) is 6.67. The Bertz CT molecular complexity index is 881. The van der Waals surface area contributed by atoms with Crippen molar-refractivity contribution in [3.63, 3.8) is 0 Å². The molecule has 0 fully saturated rings. The maximum Gasteiger partial charge on any atom is 0.425 e. The number of rotatable bonds is 7. The van der Waals surface area contributed by atoms with Crippen LogP contribution >= 0.6 is 0 Å². The second kappa shape index (κ2) is 8.54. The van der Waals surface area contributed by atoms with Crippen molar-refractivity contribution < 1.29 is 41.0 Å². The number of carbonyl (C=O) groups is 1. The Labute approximate surface area is 167 Å². The molecule has 1 aromatic carbocycles. The van der Waals surface area contributed by atoms with Gasteiger partial charge in [0.05, 0.1) is 18.0 Å². The zero-order valence-corrected chi connectivity index (χ0v) is 15.9. The molecule has 2 aromatic rings. The lowest BCUT2D eigenvalue weighted by Crippen LogP contribution is -2.49. The number of ether oxygens (including phenoxy) is 1. The highest BCUT2D eigenvalue weighted by Crippen LogP contribution is 2.40. The second-order valence-corrected chi connectivity index (χ2v) is 6.67. The molecule has 166 valence electrons. The molecule has 2 rings (SSSR count). The first-order valence-corrected chi connectivity index (χ1v) is 8.61. The number of nitrogens with one attached hydrogen (secondary N) is 1. The Morgan fingerprint density at radius 1 is 1.23 bits per heavy atom. The SMILES string of the molecule is CC(COc1ccccc1C(F)(F)F)NC(=O)CC(O)(c1nccn1C)C(F)(F)F. The first kappa shape index (κ1) is 23.5. The quantitative estimate of drug-likeness (QED) is 0.650. The average molecular weight is 439 g/mol. The van der Waals surface area contributed by atoms with E-state index in [9.17, 15) is 36.2 Å². The van der Waals surface area contributed by atoms with Gasteiger partial charge in [0.2, 0.25) is 11.5 Å². The highest BCUT2D eigenvalue weighted by Gasteiger charge is 2.58. The molecule has 0 radical (unpaired) electrons. The van der Waals surface area contributed by atoms with E-state index in [0.717, 1.165) is 22.9 Å². The summed E-state index contributed by atoms with van der Waals surface area (Å²) in [6, 6.07) is 3.45. The van der Waals surface area contributed by atoms with Crippen molar-refractivity contribution in [2.75, 3.05) is 6.61 Å². The van der Waals surface area contributed by atoms with Gasteiger partial charge in [-0.05, 0) is 19.1 Å². The van der Waals surface area contributed by atoms with Crippen molar-refractivity contribution in [1.82, 2.24) is 14.9 Å². The summed E-state index contributed by atoms with van der Waals surface area (Å²) in [5, 5.41) is 12.4. The van der Waals surface area contributed by atoms with Gasteiger partial charge in [-0.25, -0.2) is 4.98 Å². The number of aryl methyl sites for hydroxylation is 1. The Hall–Kier alpha value is -2.76. The highest BCUT2D eigenvalue weighted by atomic mass is 19.4. The molecule has 0 aliphatic rings. The zero-order chi connectivity index (χ0) is 22.7. The minimum atomic E-state index is -5.20. The van der Waals surface area contributed by atoms with Crippen LogP contribution in [0, 0.1) is 0 Å². The van der Waals surface area contributed by atoms with Gasteiger partial charge in [-0.3, -0.25) is 4.79 Å². The predicted molar refractivity (Wildman–Crippen MR) is 92.3 cm³/mol. The molecular formula is C18H19F6N3O3. The normalized spacial score (nSPS) is 15.4. The number of alkyl halides is 6. The molecule has 1 amide bonds. The minimum absolute atomic E-state index is 0.439. The lowest BCUT2D eigenvalue weighted by molar-refractivity contribution is -0.271. The fraction of sp³-hybridized carbons (Fsp3) is 0.444. The van der Waals surface area contributed by atoms with Crippen LogP contribution in [0.25, 0.3) is 0 Å². The number of para-hydroxylation sites is 1. The van der Waals surface area contributed by atoms with Gasteiger partial charge >= 0.3 is 12.4 Å². The van der Waals surface area contributed by atoms with E-state index in [1.807, 2.05) is 0 Å². The molecule has 2 N–H and O–H groups in total. The number of aliphatic hydroxyl groups is 1. The van der Waals surface area contributed by atoms with E-state index in [-0.39, 0.29) is 0 Å². The van der Waals surface area contributed by atoms with Crippen LogP contribution in [0.3, 0.4) is 0 Å². The van der Waals surface area contributed by atoms with E-state index in [2.05, 4.69) is 10.3 Å². The topological polar surface area (TPSA) is 76.4 Å². The van der Waals surface area contributed by atoms with Crippen molar-refractivity contribution in [3.8, 4) is 5.75 Å². The third kappa shape index (κ3) is 5.23. The summed E-state index contributed by atoms with van der Waals surface area (Å²) in [6.07, 6.45) is -9.02. The van der Waals surface area contributed by atoms with Crippen LogP contribution in [0.2, 0.25) is 0 Å². The summed E-state index contributed by atoms with van der Waals surface area (Å²) >= 11 is 0. The molecule has 0 bridgehead atoms. The molecule has 0 aliphatic carbocycles. The molecule has 2 unspecified atom stereocenters. The van der Waals surface area contributed by atoms with Crippen LogP contribution in [0.1, 0.15) is 24.7 Å². The summed E-state index contributed by atoms with van der Waals surface area (Å²) < 4.78 is 85.2. The molecule has 1 aromatic heterocycles. The maximum atomic E-state index is 13.5. The Kier molecular flexibility index (Phi) is 6.70. The van der Waals surface area contributed by atoms with Gasteiger partial charge in [0.15, 0.2) is 5.82 Å². The van der Waals surface area contributed by atoms with Crippen molar-refractivity contribution in [3.05, 3.63) is 48.0 Å². The summed E-state index contributed by atoms with van der Waals surface area (Å²) in [5.41, 5.74) is -4.57. The van der Waals surface area contributed by atoms with E-state index in [1.54, 1.807) is 0 Å². The third-order valence-electron chi connectivity index (χ3n) is 4.17. The van der Waals surface area contributed by atoms with E-state index in [4.69, 9.17) is 4.74 Å². The smallest absolute Gasteiger partial charge is 0.425 e. The van der Waals surface area contributed by atoms with Gasteiger partial charge in [-0.2, -0.15) is 26.3 Å². The highest BCUT2D eigenvalue weighted by molar-refractivity contribution is 5.77. The molecular weight excluding hydrogens is 420 g/mol. The van der Waals surface area contributed by atoms with Crippen LogP contribution < -0.4 is 10.1 Å². The van der Waals surface area contributed by atoms with Gasteiger partial charge in [0.1, 0.15) is 12.4 Å². The molecule has 0 saturated carbocycles. The number of amides is 1. The van der Waals surface area contributed by atoms with Crippen LogP contribution in [0.4, 0.5) is 26.3 Å². The van der Waals surface area contributed by atoms with Crippen molar-refractivity contribution in [2.24, 2.45) is 7.05 Å². The number of halogens is 6. The maximum absolute atomic E-state index is 13.5. The van der Waals surface area contributed by atoms with Gasteiger partial charge in [-0.1, -0.05) is 12.1 Å². The van der Waals surface area contributed by atoms with E-state index in [1.165, 1.54) is 32.3 Å². The largest absolute Gasteiger partial charge is 0.491 e. The molecule has 0 spiro atoms.